The normalized spacial score (nSPS) is 18.0. The van der Waals surface area contributed by atoms with Crippen LogP contribution < -0.4 is 9.47 Å². The molecule has 6 rings (SSSR count). The van der Waals surface area contributed by atoms with E-state index in [9.17, 15) is 0 Å². The van der Waals surface area contributed by atoms with E-state index in [2.05, 4.69) is 32.4 Å². The van der Waals surface area contributed by atoms with E-state index in [4.69, 9.17) is 18.4 Å². The molecule has 1 saturated heterocycles. The molecule has 1 fully saturated rings. The van der Waals surface area contributed by atoms with Crippen molar-refractivity contribution in [3.8, 4) is 34.2 Å². The zero-order valence-corrected chi connectivity index (χ0v) is 18.4. The molecule has 0 bridgehead atoms. The third-order valence-corrected chi connectivity index (χ3v) is 6.24. The maximum Gasteiger partial charge on any atom is 0.253 e. The van der Waals surface area contributed by atoms with Gasteiger partial charge < -0.3 is 18.4 Å². The summed E-state index contributed by atoms with van der Waals surface area (Å²) < 4.78 is 23.0. The van der Waals surface area contributed by atoms with Crippen LogP contribution in [-0.4, -0.2) is 40.0 Å². The van der Waals surface area contributed by atoms with Crippen LogP contribution in [0.15, 0.2) is 57.5 Å². The van der Waals surface area contributed by atoms with E-state index in [1.807, 2.05) is 43.3 Å². The van der Waals surface area contributed by atoms with Gasteiger partial charge in [-0.05, 0) is 44.0 Å². The van der Waals surface area contributed by atoms with E-state index < -0.39 is 0 Å². The van der Waals surface area contributed by atoms with Crippen LogP contribution in [0.5, 0.6) is 11.5 Å². The van der Waals surface area contributed by atoms with Crippen LogP contribution >= 0.6 is 0 Å². The molecule has 0 saturated carbocycles. The van der Waals surface area contributed by atoms with Crippen LogP contribution in [0, 0.1) is 6.92 Å². The molecule has 0 N–H and O–H groups in total. The Hall–Kier alpha value is -3.65. The van der Waals surface area contributed by atoms with Gasteiger partial charge >= 0.3 is 0 Å². The lowest BCUT2D eigenvalue weighted by atomic mass is 10.0. The van der Waals surface area contributed by atoms with Crippen LogP contribution in [0.1, 0.15) is 36.1 Å². The second-order valence-corrected chi connectivity index (χ2v) is 8.36. The summed E-state index contributed by atoms with van der Waals surface area (Å²) in [5, 5.41) is 12.9. The van der Waals surface area contributed by atoms with Gasteiger partial charge in [0.1, 0.15) is 30.2 Å². The molecule has 33 heavy (non-hydrogen) atoms. The topological polar surface area (TPSA) is 86.7 Å². The van der Waals surface area contributed by atoms with Crippen LogP contribution in [0.2, 0.25) is 0 Å². The van der Waals surface area contributed by atoms with Crippen molar-refractivity contribution >= 4 is 0 Å². The minimum absolute atomic E-state index is 0.272. The van der Waals surface area contributed by atoms with Crippen molar-refractivity contribution in [3.63, 3.8) is 0 Å². The lowest BCUT2D eigenvalue weighted by molar-refractivity contribution is 0.170. The van der Waals surface area contributed by atoms with Gasteiger partial charge in [-0.15, -0.1) is 10.2 Å². The van der Waals surface area contributed by atoms with Crippen molar-refractivity contribution in [1.29, 1.82) is 0 Å². The number of ether oxygens (including phenoxy) is 2. The Morgan fingerprint density at radius 1 is 1.00 bits per heavy atom. The van der Waals surface area contributed by atoms with Gasteiger partial charge in [-0.3, -0.25) is 4.90 Å². The highest BCUT2D eigenvalue weighted by Crippen LogP contribution is 2.39. The number of likely N-dealkylation sites (tertiary alicyclic amines) is 1. The summed E-state index contributed by atoms with van der Waals surface area (Å²) in [4.78, 5) is 2.38. The molecule has 1 atom stereocenters. The largest absolute Gasteiger partial charge is 0.486 e. The average molecular weight is 444 g/mol. The molecular formula is C25H24N4O4. The molecule has 2 aliphatic heterocycles. The molecule has 0 unspecified atom stereocenters. The average Bonchev–Trinajstić information content (AvgIpc) is 3.60. The number of hydrogen-bond donors (Lipinski definition) is 0. The van der Waals surface area contributed by atoms with Crippen molar-refractivity contribution in [2.75, 3.05) is 19.8 Å². The molecule has 0 radical (unpaired) electrons. The molecule has 2 aromatic carbocycles. The van der Waals surface area contributed by atoms with Gasteiger partial charge in [-0.1, -0.05) is 41.6 Å². The van der Waals surface area contributed by atoms with Crippen LogP contribution in [-0.2, 0) is 6.54 Å². The monoisotopic (exact) mass is 444 g/mol. The maximum absolute atomic E-state index is 6.10. The summed E-state index contributed by atoms with van der Waals surface area (Å²) in [5.41, 5.74) is 3.61. The maximum atomic E-state index is 6.10. The van der Waals surface area contributed by atoms with E-state index in [0.29, 0.717) is 43.0 Å². The first-order valence-electron chi connectivity index (χ1n) is 11.2. The van der Waals surface area contributed by atoms with Gasteiger partial charge in [0, 0.05) is 11.6 Å². The Bertz CT molecular complexity index is 1270. The number of nitrogens with zero attached hydrogens (tertiary/aromatic N) is 4. The van der Waals surface area contributed by atoms with Gasteiger partial charge in [-0.2, -0.15) is 0 Å². The number of fused-ring (bicyclic) bond motifs is 1. The van der Waals surface area contributed by atoms with Crippen molar-refractivity contribution < 1.29 is 18.4 Å². The van der Waals surface area contributed by atoms with Crippen LogP contribution in [0.4, 0.5) is 0 Å². The number of benzene rings is 2. The van der Waals surface area contributed by atoms with Gasteiger partial charge in [0.25, 0.3) is 5.89 Å². The molecule has 8 heteroatoms. The van der Waals surface area contributed by atoms with Crippen molar-refractivity contribution in [1.82, 2.24) is 20.3 Å². The number of hydrogen-bond acceptors (Lipinski definition) is 8. The van der Waals surface area contributed by atoms with E-state index >= 15 is 0 Å². The zero-order chi connectivity index (χ0) is 22.2. The predicted molar refractivity (Wildman–Crippen MR) is 120 cm³/mol. The predicted octanol–water partition coefficient (Wildman–Crippen LogP) is 4.81. The molecule has 2 aliphatic rings. The molecule has 0 aliphatic carbocycles. The Morgan fingerprint density at radius 2 is 1.85 bits per heavy atom. The highest BCUT2D eigenvalue weighted by molar-refractivity contribution is 5.77. The molecule has 4 heterocycles. The molecular weight excluding hydrogens is 420 g/mol. The van der Waals surface area contributed by atoms with Gasteiger partial charge in [0.05, 0.1) is 6.54 Å². The second-order valence-electron chi connectivity index (χ2n) is 8.36. The third-order valence-electron chi connectivity index (χ3n) is 6.24. The summed E-state index contributed by atoms with van der Waals surface area (Å²) in [5.74, 6) is 3.29. The molecule has 0 amide bonds. The van der Waals surface area contributed by atoms with E-state index in [1.165, 1.54) is 5.56 Å². The lowest BCUT2D eigenvalue weighted by Gasteiger charge is -2.25. The van der Waals surface area contributed by atoms with Crippen LogP contribution in [0.25, 0.3) is 22.7 Å². The van der Waals surface area contributed by atoms with Gasteiger partial charge in [0.15, 0.2) is 11.5 Å². The summed E-state index contributed by atoms with van der Waals surface area (Å²) in [6, 6.07) is 16.4. The summed E-state index contributed by atoms with van der Waals surface area (Å²) >= 11 is 0. The smallest absolute Gasteiger partial charge is 0.253 e. The molecule has 4 aromatic rings. The first-order valence-corrected chi connectivity index (χ1v) is 11.2. The third kappa shape index (κ3) is 3.76. The highest BCUT2D eigenvalue weighted by atomic mass is 16.6. The minimum atomic E-state index is 0.272. The van der Waals surface area contributed by atoms with E-state index in [0.717, 1.165) is 42.0 Å². The summed E-state index contributed by atoms with van der Waals surface area (Å²) in [6.45, 7) is 4.59. The highest BCUT2D eigenvalue weighted by Gasteiger charge is 2.29. The molecule has 8 nitrogen and oxygen atoms in total. The van der Waals surface area contributed by atoms with E-state index in [1.54, 1.807) is 0 Å². The lowest BCUT2D eigenvalue weighted by Crippen LogP contribution is -2.23. The fourth-order valence-corrected chi connectivity index (χ4v) is 4.67. The summed E-state index contributed by atoms with van der Waals surface area (Å²) in [7, 11) is 0. The number of aromatic nitrogens is 3. The fraction of sp³-hybridized carbons (Fsp3) is 0.320. The van der Waals surface area contributed by atoms with Crippen LogP contribution in [0.3, 0.4) is 0 Å². The first kappa shape index (κ1) is 20.0. The van der Waals surface area contributed by atoms with Crippen molar-refractivity contribution in [2.45, 2.75) is 32.4 Å². The van der Waals surface area contributed by atoms with Crippen molar-refractivity contribution in [2.24, 2.45) is 0 Å². The minimum Gasteiger partial charge on any atom is -0.486 e. The van der Waals surface area contributed by atoms with E-state index in [-0.39, 0.29) is 6.04 Å². The SMILES string of the molecule is Cc1onc(-c2ccccc2)c1-c1nnc(CN2CCC[C@@H]2c2ccc3c(c2)OCCO3)o1. The Balaban J connectivity index is 1.24. The Labute approximate surface area is 191 Å². The second kappa shape index (κ2) is 8.37. The van der Waals surface area contributed by atoms with Gasteiger partial charge in [0.2, 0.25) is 5.89 Å². The zero-order valence-electron chi connectivity index (χ0n) is 18.4. The standard InChI is InChI=1S/C25H24N4O4/c1-16-23(24(28-33-16)17-6-3-2-4-7-17)25-27-26-22(32-25)15-29-11-5-8-19(29)18-9-10-20-21(14-18)31-13-12-30-20/h2-4,6-7,9-10,14,19H,5,8,11-13,15H2,1H3/t19-/m1/s1. The fourth-order valence-electron chi connectivity index (χ4n) is 4.67. The summed E-state index contributed by atoms with van der Waals surface area (Å²) in [6.07, 6.45) is 2.19. The van der Waals surface area contributed by atoms with Crippen molar-refractivity contribution in [3.05, 3.63) is 65.7 Å². The Kier molecular flexibility index (Phi) is 5.07. The molecule has 2 aromatic heterocycles. The quantitative estimate of drug-likeness (QED) is 0.434. The molecule has 168 valence electrons. The number of rotatable bonds is 5. The molecule has 0 spiro atoms. The van der Waals surface area contributed by atoms with Gasteiger partial charge in [-0.25, -0.2) is 0 Å². The first-order chi connectivity index (χ1) is 16.3. The Morgan fingerprint density at radius 3 is 2.73 bits per heavy atom. The number of aryl methyl sites for hydroxylation is 1.